The zero-order valence-electron chi connectivity index (χ0n) is 16.5. The number of fused-ring (bicyclic) bond motifs is 1. The van der Waals surface area contributed by atoms with Gasteiger partial charge in [-0.05, 0) is 29.7 Å². The number of nitrogens with zero attached hydrogens (tertiary/aromatic N) is 2. The maximum absolute atomic E-state index is 12.0. The summed E-state index contributed by atoms with van der Waals surface area (Å²) in [5.74, 6) is 1.77. The Hall–Kier alpha value is -3.04. The number of hydrogen-bond acceptors (Lipinski definition) is 8. The molecular weight excluding hydrogens is 517 g/mol. The van der Waals surface area contributed by atoms with Crippen molar-refractivity contribution in [2.24, 2.45) is 0 Å². The molecule has 160 valence electrons. The molecule has 1 amide bonds. The Morgan fingerprint density at radius 3 is 2.74 bits per heavy atom. The molecule has 2 aromatic rings. The second-order valence-electron chi connectivity index (χ2n) is 6.58. The maximum atomic E-state index is 12.0. The molecule has 2 heterocycles. The number of ether oxygens (including phenoxy) is 4. The lowest BCUT2D eigenvalue weighted by Crippen LogP contribution is -2.31. The maximum Gasteiger partial charge on any atom is 0.412 e. The Kier molecular flexibility index (Phi) is 6.73. The minimum absolute atomic E-state index is 0.138. The zero-order valence-corrected chi connectivity index (χ0v) is 18.7. The van der Waals surface area contributed by atoms with Crippen LogP contribution in [0.2, 0.25) is 0 Å². The first-order chi connectivity index (χ1) is 15.2. The molecule has 9 nitrogen and oxygen atoms in total. The Morgan fingerprint density at radius 1 is 1.19 bits per heavy atom. The first-order valence-electron chi connectivity index (χ1n) is 9.45. The van der Waals surface area contributed by atoms with Gasteiger partial charge < -0.3 is 22.0 Å². The van der Waals surface area contributed by atoms with Crippen LogP contribution < -0.4 is 17.9 Å². The van der Waals surface area contributed by atoms with Crippen molar-refractivity contribution >= 4 is 40.0 Å². The molecule has 0 atom stereocenters. The van der Waals surface area contributed by atoms with Crippen LogP contribution in [0.5, 0.6) is 17.4 Å². The standard InChI is InChI=1S/C21H18IN3O6/c1-27-18-11-17-16(10-19(18)31-22)20(24-12-23-17)29-14-4-2-13(3-5-14)25-21(26)30-15-6-8-28-9-7-15/h2,4,10-12,15H,6-9H2,1H3,(H,25,26). The molecule has 0 unspecified atom stereocenters. The van der Waals surface area contributed by atoms with Crippen LogP contribution in [0.25, 0.3) is 10.9 Å². The highest BCUT2D eigenvalue weighted by atomic mass is 127. The van der Waals surface area contributed by atoms with Gasteiger partial charge in [-0.3, -0.25) is 5.32 Å². The summed E-state index contributed by atoms with van der Waals surface area (Å²) in [7, 11) is 1.55. The number of benzene rings is 1. The van der Waals surface area contributed by atoms with Crippen molar-refractivity contribution in [3.05, 3.63) is 53.5 Å². The van der Waals surface area contributed by atoms with Gasteiger partial charge >= 0.3 is 6.09 Å². The van der Waals surface area contributed by atoms with Crippen LogP contribution in [0.1, 0.15) is 12.8 Å². The molecule has 10 heteroatoms. The minimum Gasteiger partial charge on any atom is -0.493 e. The second kappa shape index (κ2) is 9.84. The average molecular weight is 535 g/mol. The Morgan fingerprint density at radius 2 is 2.03 bits per heavy atom. The summed E-state index contributed by atoms with van der Waals surface area (Å²) in [5.41, 5.74) is 6.75. The van der Waals surface area contributed by atoms with E-state index in [0.717, 1.165) is 0 Å². The molecule has 1 aliphatic carbocycles. The van der Waals surface area contributed by atoms with Crippen LogP contribution in [-0.4, -0.2) is 42.5 Å². The first-order valence-corrected chi connectivity index (χ1v) is 10.3. The molecule has 1 aromatic heterocycles. The van der Waals surface area contributed by atoms with Crippen molar-refractivity contribution in [1.29, 1.82) is 0 Å². The van der Waals surface area contributed by atoms with Crippen LogP contribution in [-0.2, 0) is 9.47 Å². The first kappa shape index (κ1) is 21.2. The lowest BCUT2D eigenvalue weighted by molar-refractivity contribution is 0.00246. The number of hydrogen-bond donors (Lipinski definition) is 1. The second-order valence-corrected chi connectivity index (χ2v) is 7.02. The zero-order chi connectivity index (χ0) is 21.6. The lowest BCUT2D eigenvalue weighted by Gasteiger charge is -2.22. The fraction of sp³-hybridized carbons (Fsp3) is 0.286. The van der Waals surface area contributed by atoms with E-state index in [4.69, 9.17) is 22.0 Å². The number of aromatic nitrogens is 2. The molecule has 0 saturated carbocycles. The summed E-state index contributed by atoms with van der Waals surface area (Å²) in [6.07, 6.45) is 5.40. The van der Waals surface area contributed by atoms with E-state index >= 15 is 0 Å². The molecule has 2 aliphatic rings. The van der Waals surface area contributed by atoms with E-state index in [0.29, 0.717) is 65.8 Å². The van der Waals surface area contributed by atoms with E-state index in [1.54, 1.807) is 54.4 Å². The van der Waals surface area contributed by atoms with Gasteiger partial charge in [0.1, 0.15) is 12.4 Å². The van der Waals surface area contributed by atoms with Gasteiger partial charge in [-0.15, -0.1) is 0 Å². The summed E-state index contributed by atoms with van der Waals surface area (Å²) in [4.78, 5) is 20.5. The predicted octanol–water partition coefficient (Wildman–Crippen LogP) is 3.74. The van der Waals surface area contributed by atoms with E-state index in [9.17, 15) is 4.79 Å². The smallest absolute Gasteiger partial charge is 0.412 e. The number of carbonyl (C=O) groups excluding carboxylic acids is 1. The van der Waals surface area contributed by atoms with Gasteiger partial charge in [-0.25, -0.2) is 14.8 Å². The van der Waals surface area contributed by atoms with Gasteiger partial charge in [0.05, 0.1) is 36.9 Å². The van der Waals surface area contributed by atoms with Crippen LogP contribution in [0.4, 0.5) is 4.79 Å². The summed E-state index contributed by atoms with van der Waals surface area (Å²) in [5, 5.41) is 3.28. The highest BCUT2D eigenvalue weighted by molar-refractivity contribution is 14.1. The molecule has 4 rings (SSSR count). The highest BCUT2D eigenvalue weighted by Crippen LogP contribution is 2.36. The fourth-order valence-corrected chi connectivity index (χ4v) is 3.38. The molecule has 0 bridgehead atoms. The van der Waals surface area contributed by atoms with Gasteiger partial charge in [0.25, 0.3) is 0 Å². The van der Waals surface area contributed by atoms with E-state index in [1.807, 2.05) is 0 Å². The largest absolute Gasteiger partial charge is 0.493 e. The normalized spacial score (nSPS) is 15.8. The molecule has 1 N–H and O–H groups in total. The Balaban J connectivity index is 1.50. The average Bonchev–Trinajstić information content (AvgIpc) is 2.80. The highest BCUT2D eigenvalue weighted by Gasteiger charge is 2.18. The van der Waals surface area contributed by atoms with E-state index < -0.39 is 6.09 Å². The van der Waals surface area contributed by atoms with Crippen LogP contribution in [0.3, 0.4) is 0 Å². The van der Waals surface area contributed by atoms with Gasteiger partial charge in [0, 0.05) is 18.9 Å². The number of nitrogens with one attached hydrogen (secondary N) is 1. The van der Waals surface area contributed by atoms with Crippen molar-refractivity contribution in [2.45, 2.75) is 18.9 Å². The Bertz CT molecular complexity index is 1130. The van der Waals surface area contributed by atoms with Gasteiger partial charge in [0.2, 0.25) is 5.88 Å². The van der Waals surface area contributed by atoms with E-state index in [2.05, 4.69) is 26.7 Å². The van der Waals surface area contributed by atoms with Gasteiger partial charge in [0.15, 0.2) is 40.3 Å². The molecule has 1 saturated heterocycles. The summed E-state index contributed by atoms with van der Waals surface area (Å²) >= 11 is 1.78. The third-order valence-electron chi connectivity index (χ3n) is 4.57. The van der Waals surface area contributed by atoms with Crippen LogP contribution in [0, 0.1) is 0 Å². The van der Waals surface area contributed by atoms with Crippen LogP contribution in [0.15, 0.2) is 53.5 Å². The third-order valence-corrected chi connectivity index (χ3v) is 5.05. The van der Waals surface area contributed by atoms with Crippen molar-refractivity contribution in [3.63, 3.8) is 0 Å². The predicted molar refractivity (Wildman–Crippen MR) is 118 cm³/mol. The fourth-order valence-electron chi connectivity index (χ4n) is 3.03. The van der Waals surface area contributed by atoms with Gasteiger partial charge in [-0.1, -0.05) is 0 Å². The quantitative estimate of drug-likeness (QED) is 0.441. The molecule has 0 spiro atoms. The topological polar surface area (TPSA) is 101 Å². The number of methoxy groups -OCH3 is 1. The lowest BCUT2D eigenvalue weighted by atomic mass is 10.2. The number of rotatable bonds is 6. The minimum atomic E-state index is -0.535. The number of halogens is 1. The van der Waals surface area contributed by atoms with Crippen LogP contribution >= 0.6 is 23.0 Å². The molecule has 1 fully saturated rings. The van der Waals surface area contributed by atoms with E-state index in [-0.39, 0.29) is 6.10 Å². The molecule has 31 heavy (non-hydrogen) atoms. The molecule has 1 aromatic carbocycles. The molecule has 1 aliphatic heterocycles. The number of allylic oxidation sites excluding steroid dienone is 2. The third kappa shape index (κ3) is 5.18. The van der Waals surface area contributed by atoms with Crippen molar-refractivity contribution < 1.29 is 26.8 Å². The van der Waals surface area contributed by atoms with Crippen molar-refractivity contribution in [3.8, 4) is 17.4 Å². The van der Waals surface area contributed by atoms with Crippen molar-refractivity contribution in [1.82, 2.24) is 15.3 Å². The Labute approximate surface area is 192 Å². The molecular formula is C21H18IN3O6. The summed E-state index contributed by atoms with van der Waals surface area (Å²) in [6, 6.07) is 3.48. The number of amides is 1. The summed E-state index contributed by atoms with van der Waals surface area (Å²) < 4.78 is 27.1. The monoisotopic (exact) mass is 535 g/mol. The van der Waals surface area contributed by atoms with Crippen molar-refractivity contribution in [2.75, 3.05) is 20.3 Å². The van der Waals surface area contributed by atoms with Gasteiger partial charge in [-0.2, -0.15) is 0 Å². The number of alkyl carbamates (subject to hydrolysis) is 1. The summed E-state index contributed by atoms with van der Waals surface area (Å²) in [6.45, 7) is 1.19. The van der Waals surface area contributed by atoms with E-state index in [1.165, 1.54) is 6.33 Å². The number of carbonyl (C=O) groups is 1. The SMILES string of the molecule is COc1cc2ncnc(OC3=C=C=C(NC(=O)OC4CCOCC4)C=C3)c2cc1OI. The molecule has 0 radical (unpaired) electrons.